The quantitative estimate of drug-likeness (QED) is 0.470. The minimum atomic E-state index is 1.16. The van der Waals surface area contributed by atoms with E-state index in [0.717, 1.165) is 6.42 Å². The van der Waals surface area contributed by atoms with Gasteiger partial charge in [-0.2, -0.15) is 0 Å². The van der Waals surface area contributed by atoms with Gasteiger partial charge in [0.2, 0.25) is 0 Å². The van der Waals surface area contributed by atoms with Crippen LogP contribution in [0.1, 0.15) is 37.7 Å². The van der Waals surface area contributed by atoms with Gasteiger partial charge in [0, 0.05) is 12.4 Å². The van der Waals surface area contributed by atoms with Gasteiger partial charge in [0.05, 0.1) is 0 Å². The van der Waals surface area contributed by atoms with Crippen molar-refractivity contribution in [2.75, 3.05) is 0 Å². The second kappa shape index (κ2) is 7.31. The summed E-state index contributed by atoms with van der Waals surface area (Å²) in [5.74, 6) is 0. The Hall–Kier alpha value is -1.11. The van der Waals surface area contributed by atoms with E-state index in [4.69, 9.17) is 0 Å². The van der Waals surface area contributed by atoms with Crippen LogP contribution in [0, 0.1) is 0 Å². The first-order valence-corrected chi connectivity index (χ1v) is 5.43. The van der Waals surface area contributed by atoms with Crippen molar-refractivity contribution < 1.29 is 0 Å². The third-order valence-corrected chi connectivity index (χ3v) is 2.35. The van der Waals surface area contributed by atoms with Crippen LogP contribution < -0.4 is 0 Å². The molecule has 1 nitrogen and oxygen atoms in total. The molecule has 0 aliphatic heterocycles. The lowest BCUT2D eigenvalue weighted by Gasteiger charge is -2.00. The molecule has 0 saturated heterocycles. The number of hydrogen-bond donors (Lipinski definition) is 0. The second-order valence-corrected chi connectivity index (χ2v) is 3.60. The van der Waals surface area contributed by atoms with E-state index in [9.17, 15) is 0 Å². The first-order chi connectivity index (χ1) is 6.93. The SMILES string of the molecule is C=CCCCCCCc1cccnc1. The Morgan fingerprint density at radius 1 is 1.21 bits per heavy atom. The average Bonchev–Trinajstić information content (AvgIpc) is 2.25. The third-order valence-electron chi connectivity index (χ3n) is 2.35. The molecule has 1 heterocycles. The van der Waals surface area contributed by atoms with Gasteiger partial charge in [-0.1, -0.05) is 25.0 Å². The largest absolute Gasteiger partial charge is 0.264 e. The Labute approximate surface area is 86.9 Å². The molecule has 0 N–H and O–H groups in total. The molecule has 0 radical (unpaired) electrons. The first kappa shape index (κ1) is 11.0. The van der Waals surface area contributed by atoms with E-state index in [1.165, 1.54) is 37.7 Å². The molecular formula is C13H19N. The molecule has 14 heavy (non-hydrogen) atoms. The molecule has 1 rings (SSSR count). The third kappa shape index (κ3) is 4.80. The minimum absolute atomic E-state index is 1.16. The molecule has 0 unspecified atom stereocenters. The molecule has 1 aromatic heterocycles. The molecule has 76 valence electrons. The molecule has 0 aliphatic rings. The summed E-state index contributed by atoms with van der Waals surface area (Å²) in [5.41, 5.74) is 1.36. The highest BCUT2D eigenvalue weighted by atomic mass is 14.6. The van der Waals surface area contributed by atoms with E-state index >= 15 is 0 Å². The molecule has 1 aromatic rings. The fourth-order valence-corrected chi connectivity index (χ4v) is 1.52. The van der Waals surface area contributed by atoms with Gasteiger partial charge in [0.1, 0.15) is 0 Å². The lowest BCUT2D eigenvalue weighted by molar-refractivity contribution is 0.646. The predicted molar refractivity (Wildman–Crippen MR) is 61.2 cm³/mol. The van der Waals surface area contributed by atoms with E-state index in [1.54, 1.807) is 0 Å². The smallest absolute Gasteiger partial charge is 0.0299 e. The lowest BCUT2D eigenvalue weighted by Crippen LogP contribution is -1.86. The molecule has 0 bridgehead atoms. The maximum absolute atomic E-state index is 4.10. The topological polar surface area (TPSA) is 12.9 Å². The van der Waals surface area contributed by atoms with E-state index in [-0.39, 0.29) is 0 Å². The Morgan fingerprint density at radius 2 is 2.07 bits per heavy atom. The summed E-state index contributed by atoms with van der Waals surface area (Å²) in [7, 11) is 0. The van der Waals surface area contributed by atoms with Gasteiger partial charge in [-0.05, 0) is 37.3 Å². The van der Waals surface area contributed by atoms with Crippen molar-refractivity contribution in [2.24, 2.45) is 0 Å². The Morgan fingerprint density at radius 3 is 2.79 bits per heavy atom. The summed E-state index contributed by atoms with van der Waals surface area (Å²) in [6.07, 6.45) is 13.3. The molecule has 0 saturated carbocycles. The van der Waals surface area contributed by atoms with Crippen molar-refractivity contribution in [3.8, 4) is 0 Å². The molecular weight excluding hydrogens is 170 g/mol. The number of rotatable bonds is 7. The lowest BCUT2D eigenvalue weighted by atomic mass is 10.1. The van der Waals surface area contributed by atoms with Gasteiger partial charge in [0.15, 0.2) is 0 Å². The minimum Gasteiger partial charge on any atom is -0.264 e. The fraction of sp³-hybridized carbons (Fsp3) is 0.462. The molecule has 0 amide bonds. The van der Waals surface area contributed by atoms with Crippen LogP contribution in [0.3, 0.4) is 0 Å². The maximum Gasteiger partial charge on any atom is 0.0299 e. The number of hydrogen-bond acceptors (Lipinski definition) is 1. The van der Waals surface area contributed by atoms with Crippen molar-refractivity contribution in [1.29, 1.82) is 0 Å². The zero-order valence-corrected chi connectivity index (χ0v) is 8.78. The normalized spacial score (nSPS) is 10.0. The number of allylic oxidation sites excluding steroid dienone is 1. The molecule has 0 atom stereocenters. The van der Waals surface area contributed by atoms with Crippen LogP contribution in [0.15, 0.2) is 37.2 Å². The standard InChI is InChI=1S/C13H19N/c1-2-3-4-5-6-7-9-13-10-8-11-14-12-13/h2,8,10-12H,1,3-7,9H2. The summed E-state index contributed by atoms with van der Waals surface area (Å²) >= 11 is 0. The molecule has 0 spiro atoms. The summed E-state index contributed by atoms with van der Waals surface area (Å²) in [5, 5.41) is 0. The van der Waals surface area contributed by atoms with Crippen molar-refractivity contribution in [2.45, 2.75) is 38.5 Å². The van der Waals surface area contributed by atoms with E-state index < -0.39 is 0 Å². The van der Waals surface area contributed by atoms with Gasteiger partial charge >= 0.3 is 0 Å². The number of pyridine rings is 1. The van der Waals surface area contributed by atoms with Gasteiger partial charge in [-0.3, -0.25) is 4.98 Å². The summed E-state index contributed by atoms with van der Waals surface area (Å²) in [6.45, 7) is 3.72. The van der Waals surface area contributed by atoms with Gasteiger partial charge in [0.25, 0.3) is 0 Å². The number of unbranched alkanes of at least 4 members (excludes halogenated alkanes) is 4. The number of aromatic nitrogens is 1. The van der Waals surface area contributed by atoms with Crippen molar-refractivity contribution >= 4 is 0 Å². The maximum atomic E-state index is 4.10. The van der Waals surface area contributed by atoms with Crippen molar-refractivity contribution in [3.63, 3.8) is 0 Å². The average molecular weight is 189 g/mol. The molecule has 0 aliphatic carbocycles. The van der Waals surface area contributed by atoms with Crippen molar-refractivity contribution in [3.05, 3.63) is 42.7 Å². The van der Waals surface area contributed by atoms with Crippen molar-refractivity contribution in [1.82, 2.24) is 4.98 Å². The highest BCUT2D eigenvalue weighted by molar-refractivity contribution is 5.08. The Kier molecular flexibility index (Phi) is 5.73. The molecule has 1 heteroatoms. The van der Waals surface area contributed by atoms with Crippen LogP contribution in [-0.4, -0.2) is 4.98 Å². The summed E-state index contributed by atoms with van der Waals surface area (Å²) in [6, 6.07) is 4.16. The molecule has 0 fully saturated rings. The van der Waals surface area contributed by atoms with E-state index in [2.05, 4.69) is 17.6 Å². The highest BCUT2D eigenvalue weighted by Crippen LogP contribution is 2.07. The highest BCUT2D eigenvalue weighted by Gasteiger charge is 1.92. The monoisotopic (exact) mass is 189 g/mol. The van der Waals surface area contributed by atoms with Crippen LogP contribution in [0.4, 0.5) is 0 Å². The van der Waals surface area contributed by atoms with Crippen LogP contribution >= 0.6 is 0 Å². The van der Waals surface area contributed by atoms with Crippen LogP contribution in [0.5, 0.6) is 0 Å². The zero-order valence-electron chi connectivity index (χ0n) is 8.78. The fourth-order valence-electron chi connectivity index (χ4n) is 1.52. The first-order valence-electron chi connectivity index (χ1n) is 5.43. The number of aryl methyl sites for hydroxylation is 1. The van der Waals surface area contributed by atoms with Gasteiger partial charge in [-0.25, -0.2) is 0 Å². The number of nitrogens with zero attached hydrogens (tertiary/aromatic N) is 1. The van der Waals surface area contributed by atoms with E-state index in [0.29, 0.717) is 0 Å². The summed E-state index contributed by atoms with van der Waals surface area (Å²) < 4.78 is 0. The van der Waals surface area contributed by atoms with Gasteiger partial charge in [-0.15, -0.1) is 6.58 Å². The second-order valence-electron chi connectivity index (χ2n) is 3.60. The molecule has 0 aromatic carbocycles. The Balaban J connectivity index is 2.02. The van der Waals surface area contributed by atoms with Crippen LogP contribution in [0.2, 0.25) is 0 Å². The zero-order chi connectivity index (χ0) is 10.1. The van der Waals surface area contributed by atoms with Crippen LogP contribution in [0.25, 0.3) is 0 Å². The van der Waals surface area contributed by atoms with Gasteiger partial charge < -0.3 is 0 Å². The predicted octanol–water partition coefficient (Wildman–Crippen LogP) is 3.76. The van der Waals surface area contributed by atoms with E-state index in [1.807, 2.05) is 24.5 Å². The Bertz CT molecular complexity index is 241. The van der Waals surface area contributed by atoms with Crippen LogP contribution in [-0.2, 0) is 6.42 Å². The summed E-state index contributed by atoms with van der Waals surface area (Å²) in [4.78, 5) is 4.10.